The molecule has 6 nitrogen and oxygen atoms in total. The molecule has 1 aromatic heterocycles. The Bertz CT molecular complexity index is 867. The summed E-state index contributed by atoms with van der Waals surface area (Å²) in [6.45, 7) is 3.70. The van der Waals surface area contributed by atoms with Gasteiger partial charge in [0.15, 0.2) is 0 Å². The molecule has 0 aliphatic carbocycles. The fraction of sp³-hybridized carbons (Fsp3) is 0.474. The SMILES string of the molecule is O=c1cc(N2CCOCC2)nc(N2CCC[C@H]2Cc2ccc(Cl)c(Cl)c2)[nH]1. The molecule has 2 fully saturated rings. The first-order chi connectivity index (χ1) is 13.1. The van der Waals surface area contributed by atoms with E-state index >= 15 is 0 Å². The van der Waals surface area contributed by atoms with Gasteiger partial charge in [-0.05, 0) is 37.0 Å². The summed E-state index contributed by atoms with van der Waals surface area (Å²) in [6.07, 6.45) is 2.95. The first kappa shape index (κ1) is 18.6. The number of hydrogen-bond acceptors (Lipinski definition) is 5. The Hall–Kier alpha value is -1.76. The molecule has 1 N–H and O–H groups in total. The summed E-state index contributed by atoms with van der Waals surface area (Å²) in [7, 11) is 0. The number of hydrogen-bond donors (Lipinski definition) is 1. The van der Waals surface area contributed by atoms with Gasteiger partial charge >= 0.3 is 0 Å². The second-order valence-corrected chi connectivity index (χ2v) is 7.78. The van der Waals surface area contributed by atoms with Crippen LogP contribution in [0.5, 0.6) is 0 Å². The predicted molar refractivity (Wildman–Crippen MR) is 108 cm³/mol. The van der Waals surface area contributed by atoms with E-state index in [1.807, 2.05) is 18.2 Å². The Morgan fingerprint density at radius 1 is 1.15 bits per heavy atom. The molecule has 2 aliphatic heterocycles. The van der Waals surface area contributed by atoms with Crippen molar-refractivity contribution in [2.24, 2.45) is 0 Å². The molecule has 8 heteroatoms. The molecule has 144 valence electrons. The van der Waals surface area contributed by atoms with Crippen LogP contribution in [0.15, 0.2) is 29.1 Å². The van der Waals surface area contributed by atoms with Crippen molar-refractivity contribution in [2.45, 2.75) is 25.3 Å². The number of rotatable bonds is 4. The van der Waals surface area contributed by atoms with Crippen molar-refractivity contribution < 1.29 is 4.74 Å². The van der Waals surface area contributed by atoms with Crippen LogP contribution in [0, 0.1) is 0 Å². The fourth-order valence-corrected chi connectivity index (χ4v) is 4.11. The third kappa shape index (κ3) is 4.23. The van der Waals surface area contributed by atoms with Crippen LogP contribution in [0.2, 0.25) is 10.0 Å². The Kier molecular flexibility index (Phi) is 5.57. The van der Waals surface area contributed by atoms with Crippen molar-refractivity contribution in [1.29, 1.82) is 0 Å². The zero-order valence-electron chi connectivity index (χ0n) is 15.0. The summed E-state index contributed by atoms with van der Waals surface area (Å²) in [5.41, 5.74) is 1.01. The number of ether oxygens (including phenoxy) is 1. The average molecular weight is 409 g/mol. The molecule has 4 rings (SSSR count). The van der Waals surface area contributed by atoms with Gasteiger partial charge in [0.05, 0.1) is 23.3 Å². The highest BCUT2D eigenvalue weighted by atomic mass is 35.5. The monoisotopic (exact) mass is 408 g/mol. The molecule has 0 radical (unpaired) electrons. The summed E-state index contributed by atoms with van der Waals surface area (Å²) in [5.74, 6) is 1.36. The van der Waals surface area contributed by atoms with E-state index in [2.05, 4.69) is 14.8 Å². The number of nitrogens with zero attached hydrogens (tertiary/aromatic N) is 3. The van der Waals surface area contributed by atoms with Crippen molar-refractivity contribution in [3.05, 3.63) is 50.2 Å². The third-order valence-electron chi connectivity index (χ3n) is 5.16. The highest BCUT2D eigenvalue weighted by molar-refractivity contribution is 6.42. The molecule has 0 amide bonds. The topological polar surface area (TPSA) is 61.5 Å². The first-order valence-electron chi connectivity index (χ1n) is 9.25. The maximum atomic E-state index is 12.2. The quantitative estimate of drug-likeness (QED) is 0.841. The second-order valence-electron chi connectivity index (χ2n) is 6.97. The molecule has 2 aliphatic rings. The largest absolute Gasteiger partial charge is 0.378 e. The van der Waals surface area contributed by atoms with E-state index in [1.54, 1.807) is 6.07 Å². The minimum Gasteiger partial charge on any atom is -0.378 e. The summed E-state index contributed by atoms with van der Waals surface area (Å²) in [6, 6.07) is 7.59. The van der Waals surface area contributed by atoms with Crippen molar-refractivity contribution in [2.75, 3.05) is 42.6 Å². The molecule has 0 saturated carbocycles. The van der Waals surface area contributed by atoms with Crippen molar-refractivity contribution in [3.8, 4) is 0 Å². The van der Waals surface area contributed by atoms with Gasteiger partial charge in [-0.15, -0.1) is 0 Å². The lowest BCUT2D eigenvalue weighted by molar-refractivity contribution is 0.122. The summed E-state index contributed by atoms with van der Waals surface area (Å²) in [4.78, 5) is 24.2. The highest BCUT2D eigenvalue weighted by Gasteiger charge is 2.27. The minimum absolute atomic E-state index is 0.123. The van der Waals surface area contributed by atoms with Gasteiger partial charge in [-0.2, -0.15) is 4.98 Å². The lowest BCUT2D eigenvalue weighted by Crippen LogP contribution is -2.39. The summed E-state index contributed by atoms with van der Waals surface area (Å²) < 4.78 is 5.40. The van der Waals surface area contributed by atoms with Crippen LogP contribution < -0.4 is 15.4 Å². The fourth-order valence-electron chi connectivity index (χ4n) is 3.79. The summed E-state index contributed by atoms with van der Waals surface area (Å²) in [5, 5.41) is 1.13. The van der Waals surface area contributed by atoms with Gasteiger partial charge in [-0.3, -0.25) is 9.78 Å². The number of benzene rings is 1. The molecule has 0 spiro atoms. The lowest BCUT2D eigenvalue weighted by Gasteiger charge is -2.30. The van der Waals surface area contributed by atoms with Gasteiger partial charge < -0.3 is 14.5 Å². The number of morpholine rings is 1. The number of anilines is 2. The highest BCUT2D eigenvalue weighted by Crippen LogP contribution is 2.28. The van der Waals surface area contributed by atoms with Gasteiger partial charge in [0, 0.05) is 31.7 Å². The van der Waals surface area contributed by atoms with E-state index in [0.717, 1.165) is 50.3 Å². The number of aromatic amines is 1. The Morgan fingerprint density at radius 2 is 1.96 bits per heavy atom. The minimum atomic E-state index is -0.123. The van der Waals surface area contributed by atoms with Crippen molar-refractivity contribution in [3.63, 3.8) is 0 Å². The van der Waals surface area contributed by atoms with Crippen molar-refractivity contribution in [1.82, 2.24) is 9.97 Å². The van der Waals surface area contributed by atoms with Crippen LogP contribution >= 0.6 is 23.2 Å². The predicted octanol–water partition coefficient (Wildman–Crippen LogP) is 3.12. The molecule has 27 heavy (non-hydrogen) atoms. The Morgan fingerprint density at radius 3 is 2.74 bits per heavy atom. The third-order valence-corrected chi connectivity index (χ3v) is 5.89. The Labute approximate surface area is 168 Å². The van der Waals surface area contributed by atoms with Crippen molar-refractivity contribution >= 4 is 35.0 Å². The number of H-pyrrole nitrogens is 1. The maximum absolute atomic E-state index is 12.2. The van der Waals surface area contributed by atoms with Gasteiger partial charge in [0.25, 0.3) is 5.56 Å². The molecule has 0 unspecified atom stereocenters. The van der Waals surface area contributed by atoms with Crippen LogP contribution in [0.3, 0.4) is 0 Å². The molecule has 0 bridgehead atoms. The molecular weight excluding hydrogens is 387 g/mol. The smallest absolute Gasteiger partial charge is 0.254 e. The Balaban J connectivity index is 1.56. The normalized spacial score (nSPS) is 20.3. The number of nitrogens with one attached hydrogen (secondary N) is 1. The lowest BCUT2D eigenvalue weighted by atomic mass is 10.0. The standard InChI is InChI=1S/C19H22Cl2N4O2/c20-15-4-3-13(11-16(15)21)10-14-2-1-5-25(14)19-22-17(12-18(26)23-19)24-6-8-27-9-7-24/h3-4,11-12,14H,1-2,5-10H2,(H,22,23,26)/t14-/m0/s1. The van der Waals surface area contributed by atoms with E-state index in [4.69, 9.17) is 32.9 Å². The summed E-state index contributed by atoms with van der Waals surface area (Å²) >= 11 is 12.2. The van der Waals surface area contributed by atoms with Gasteiger partial charge in [-0.25, -0.2) is 0 Å². The average Bonchev–Trinajstić information content (AvgIpc) is 3.13. The van der Waals surface area contributed by atoms with Gasteiger partial charge in [0.2, 0.25) is 5.95 Å². The molecule has 1 atom stereocenters. The maximum Gasteiger partial charge on any atom is 0.254 e. The van der Waals surface area contributed by atoms with E-state index in [1.165, 1.54) is 0 Å². The zero-order valence-corrected chi connectivity index (χ0v) is 16.5. The van der Waals surface area contributed by atoms with E-state index in [-0.39, 0.29) is 11.6 Å². The van der Waals surface area contributed by atoms with E-state index in [0.29, 0.717) is 29.2 Å². The number of halogens is 2. The number of aromatic nitrogens is 2. The van der Waals surface area contributed by atoms with E-state index in [9.17, 15) is 4.79 Å². The molecule has 3 heterocycles. The van der Waals surface area contributed by atoms with E-state index < -0.39 is 0 Å². The molecule has 2 saturated heterocycles. The van der Waals surface area contributed by atoms with Gasteiger partial charge in [-0.1, -0.05) is 29.3 Å². The molecule has 2 aromatic rings. The van der Waals surface area contributed by atoms with Crippen LogP contribution in [-0.4, -0.2) is 48.9 Å². The molecule has 1 aromatic carbocycles. The zero-order chi connectivity index (χ0) is 18.8. The second kappa shape index (κ2) is 8.09. The first-order valence-corrected chi connectivity index (χ1v) is 10.0. The van der Waals surface area contributed by atoms with Crippen LogP contribution in [0.1, 0.15) is 18.4 Å². The van der Waals surface area contributed by atoms with Crippen LogP contribution in [0.25, 0.3) is 0 Å². The van der Waals surface area contributed by atoms with Gasteiger partial charge in [0.1, 0.15) is 5.82 Å². The van der Waals surface area contributed by atoms with Crippen LogP contribution in [0.4, 0.5) is 11.8 Å². The van der Waals surface area contributed by atoms with Crippen LogP contribution in [-0.2, 0) is 11.2 Å². The molecular formula is C19H22Cl2N4O2.